The van der Waals surface area contributed by atoms with Gasteiger partial charge in [0.25, 0.3) is 5.88 Å². The van der Waals surface area contributed by atoms with E-state index < -0.39 is 0 Å². The Bertz CT molecular complexity index is 337. The molecule has 1 aromatic heterocycles. The molecule has 4 heteroatoms. The lowest BCUT2D eigenvalue weighted by Gasteiger charge is -2.17. The Labute approximate surface area is 104 Å². The van der Waals surface area contributed by atoms with Gasteiger partial charge < -0.3 is 10.1 Å². The van der Waals surface area contributed by atoms with E-state index in [0.717, 1.165) is 30.8 Å². The summed E-state index contributed by atoms with van der Waals surface area (Å²) in [6, 6.07) is 0.426. The maximum absolute atomic E-state index is 5.49. The monoisotopic (exact) mass is 237 g/mol. The zero-order valence-corrected chi connectivity index (χ0v) is 11.3. The van der Waals surface area contributed by atoms with Gasteiger partial charge in [0.1, 0.15) is 0 Å². The molecule has 4 nitrogen and oxygen atoms in total. The second-order valence-corrected chi connectivity index (χ2v) is 3.96. The van der Waals surface area contributed by atoms with Crippen molar-refractivity contribution in [3.8, 4) is 5.88 Å². The van der Waals surface area contributed by atoms with Crippen molar-refractivity contribution in [1.29, 1.82) is 0 Å². The zero-order valence-electron chi connectivity index (χ0n) is 11.3. The van der Waals surface area contributed by atoms with Crippen LogP contribution in [0.1, 0.15) is 46.2 Å². The first kappa shape index (κ1) is 13.7. The minimum absolute atomic E-state index is 0.426. The normalized spacial score (nSPS) is 10.6. The molecule has 0 bridgehead atoms. The highest BCUT2D eigenvalue weighted by Gasteiger charge is 2.11. The van der Waals surface area contributed by atoms with Crippen LogP contribution in [0, 0.1) is 0 Å². The predicted molar refractivity (Wildman–Crippen MR) is 70.6 cm³/mol. The van der Waals surface area contributed by atoms with E-state index in [1.807, 2.05) is 6.92 Å². The van der Waals surface area contributed by atoms with Crippen molar-refractivity contribution in [1.82, 2.24) is 9.97 Å². The topological polar surface area (TPSA) is 47.0 Å². The van der Waals surface area contributed by atoms with Crippen LogP contribution in [0.15, 0.2) is 6.20 Å². The molecule has 0 radical (unpaired) electrons. The number of rotatable bonds is 7. The maximum Gasteiger partial charge on any atom is 0.257 e. The Morgan fingerprint density at radius 1 is 1.24 bits per heavy atom. The third-order valence-electron chi connectivity index (χ3n) is 2.76. The first-order valence-corrected chi connectivity index (χ1v) is 6.50. The molecule has 1 N–H and O–H groups in total. The van der Waals surface area contributed by atoms with E-state index >= 15 is 0 Å². The number of ether oxygens (including phenoxy) is 1. The summed E-state index contributed by atoms with van der Waals surface area (Å²) in [5.74, 6) is 1.39. The van der Waals surface area contributed by atoms with Crippen LogP contribution in [0.5, 0.6) is 5.88 Å². The predicted octanol–water partition coefficient (Wildman–Crippen LogP) is 3.04. The van der Waals surface area contributed by atoms with Crippen molar-refractivity contribution >= 4 is 5.82 Å². The number of hydrogen-bond donors (Lipinski definition) is 1. The average Bonchev–Trinajstić information content (AvgIpc) is 2.37. The molecule has 0 amide bonds. The molecular formula is C13H23N3O. The van der Waals surface area contributed by atoms with Crippen LogP contribution in [-0.2, 0) is 6.42 Å². The largest absolute Gasteiger partial charge is 0.475 e. The summed E-state index contributed by atoms with van der Waals surface area (Å²) in [7, 11) is 0. The third-order valence-corrected chi connectivity index (χ3v) is 2.76. The fraction of sp³-hybridized carbons (Fsp3) is 0.692. The van der Waals surface area contributed by atoms with E-state index in [-0.39, 0.29) is 0 Å². The smallest absolute Gasteiger partial charge is 0.257 e. The molecule has 0 atom stereocenters. The molecule has 0 aromatic carbocycles. The van der Waals surface area contributed by atoms with Crippen LogP contribution < -0.4 is 10.1 Å². The fourth-order valence-electron chi connectivity index (χ4n) is 1.61. The van der Waals surface area contributed by atoms with Crippen molar-refractivity contribution in [2.45, 2.75) is 53.0 Å². The van der Waals surface area contributed by atoms with E-state index in [0.29, 0.717) is 18.5 Å². The van der Waals surface area contributed by atoms with Crippen molar-refractivity contribution in [2.24, 2.45) is 0 Å². The Balaban J connectivity index is 2.91. The Kier molecular flexibility index (Phi) is 5.73. The number of hydrogen-bond acceptors (Lipinski definition) is 4. The SMILES string of the molecule is CCOc1ncc(CC)nc1NC(CC)CC. The number of aryl methyl sites for hydroxylation is 1. The fourth-order valence-corrected chi connectivity index (χ4v) is 1.61. The molecule has 0 spiro atoms. The molecule has 1 aromatic rings. The number of nitrogens with zero attached hydrogens (tertiary/aromatic N) is 2. The average molecular weight is 237 g/mol. The molecular weight excluding hydrogens is 214 g/mol. The van der Waals surface area contributed by atoms with Crippen molar-refractivity contribution in [2.75, 3.05) is 11.9 Å². The lowest BCUT2D eigenvalue weighted by Crippen LogP contribution is -2.19. The number of aromatic nitrogens is 2. The lowest BCUT2D eigenvalue weighted by molar-refractivity contribution is 0.326. The summed E-state index contributed by atoms with van der Waals surface area (Å²) in [4.78, 5) is 8.86. The summed E-state index contributed by atoms with van der Waals surface area (Å²) < 4.78 is 5.49. The van der Waals surface area contributed by atoms with Crippen LogP contribution >= 0.6 is 0 Å². The lowest BCUT2D eigenvalue weighted by atomic mass is 10.2. The van der Waals surface area contributed by atoms with Gasteiger partial charge in [-0.25, -0.2) is 9.97 Å². The standard InChI is InChI=1S/C13H23N3O/c1-5-10(6-2)15-12-13(17-8-4)14-9-11(7-3)16-12/h9-10H,5-8H2,1-4H3,(H,15,16). The van der Waals surface area contributed by atoms with Gasteiger partial charge in [-0.05, 0) is 26.2 Å². The highest BCUT2D eigenvalue weighted by molar-refractivity contribution is 5.46. The van der Waals surface area contributed by atoms with Gasteiger partial charge in [-0.2, -0.15) is 0 Å². The van der Waals surface area contributed by atoms with Crippen LogP contribution in [0.4, 0.5) is 5.82 Å². The second-order valence-electron chi connectivity index (χ2n) is 3.96. The van der Waals surface area contributed by atoms with Gasteiger partial charge in [0, 0.05) is 6.04 Å². The third kappa shape index (κ3) is 3.88. The summed E-state index contributed by atoms with van der Waals surface area (Å²) in [6.45, 7) is 8.97. The highest BCUT2D eigenvalue weighted by atomic mass is 16.5. The first-order chi connectivity index (χ1) is 8.24. The van der Waals surface area contributed by atoms with E-state index in [9.17, 15) is 0 Å². The molecule has 96 valence electrons. The van der Waals surface area contributed by atoms with Gasteiger partial charge in [0.2, 0.25) is 0 Å². The number of anilines is 1. The second kappa shape index (κ2) is 7.09. The molecule has 0 saturated carbocycles. The zero-order chi connectivity index (χ0) is 12.7. The maximum atomic E-state index is 5.49. The van der Waals surface area contributed by atoms with Crippen molar-refractivity contribution in [3.63, 3.8) is 0 Å². The van der Waals surface area contributed by atoms with E-state index in [1.165, 1.54) is 0 Å². The van der Waals surface area contributed by atoms with Crippen molar-refractivity contribution < 1.29 is 4.74 Å². The molecule has 0 aliphatic heterocycles. The summed E-state index contributed by atoms with van der Waals surface area (Å²) in [5.41, 5.74) is 0.988. The highest BCUT2D eigenvalue weighted by Crippen LogP contribution is 2.21. The van der Waals surface area contributed by atoms with Crippen molar-refractivity contribution in [3.05, 3.63) is 11.9 Å². The molecule has 0 unspecified atom stereocenters. The van der Waals surface area contributed by atoms with Crippen LogP contribution in [0.25, 0.3) is 0 Å². The summed E-state index contributed by atoms with van der Waals surface area (Å²) in [6.07, 6.45) is 4.81. The van der Waals surface area contributed by atoms with E-state index in [4.69, 9.17) is 4.74 Å². The quantitative estimate of drug-likeness (QED) is 0.791. The summed E-state index contributed by atoms with van der Waals surface area (Å²) in [5, 5.41) is 3.41. The Morgan fingerprint density at radius 2 is 1.94 bits per heavy atom. The van der Waals surface area contributed by atoms with Gasteiger partial charge in [0.15, 0.2) is 5.82 Å². The molecule has 0 aliphatic rings. The molecule has 17 heavy (non-hydrogen) atoms. The molecule has 1 heterocycles. The van der Waals surface area contributed by atoms with Crippen LogP contribution in [-0.4, -0.2) is 22.6 Å². The summed E-state index contributed by atoms with van der Waals surface area (Å²) >= 11 is 0. The molecule has 0 saturated heterocycles. The minimum Gasteiger partial charge on any atom is -0.475 e. The van der Waals surface area contributed by atoms with Gasteiger partial charge in [-0.1, -0.05) is 20.8 Å². The molecule has 1 rings (SSSR count). The molecule has 0 aliphatic carbocycles. The van der Waals surface area contributed by atoms with E-state index in [1.54, 1.807) is 6.20 Å². The molecule has 0 fully saturated rings. The Hall–Kier alpha value is -1.32. The minimum atomic E-state index is 0.426. The van der Waals surface area contributed by atoms with Gasteiger partial charge in [-0.3, -0.25) is 0 Å². The first-order valence-electron chi connectivity index (χ1n) is 6.50. The van der Waals surface area contributed by atoms with Gasteiger partial charge >= 0.3 is 0 Å². The van der Waals surface area contributed by atoms with E-state index in [2.05, 4.69) is 36.1 Å². The van der Waals surface area contributed by atoms with Crippen LogP contribution in [0.3, 0.4) is 0 Å². The van der Waals surface area contributed by atoms with Crippen LogP contribution in [0.2, 0.25) is 0 Å². The number of nitrogens with one attached hydrogen (secondary N) is 1. The van der Waals surface area contributed by atoms with Gasteiger partial charge in [0.05, 0.1) is 18.5 Å². The van der Waals surface area contributed by atoms with Gasteiger partial charge in [-0.15, -0.1) is 0 Å². The Morgan fingerprint density at radius 3 is 2.47 bits per heavy atom.